The van der Waals surface area contributed by atoms with Crippen LogP contribution < -0.4 is 0 Å². The van der Waals surface area contributed by atoms with Crippen molar-refractivity contribution < 1.29 is 8.42 Å². The minimum Gasteiger partial charge on any atom is -0.308 e. The van der Waals surface area contributed by atoms with E-state index in [9.17, 15) is 8.42 Å². The number of benzene rings is 2. The SMILES string of the molecule is CN(C)CCN(C)S(=O)(=O)c1cccc(Sc2ccccc2)c1. The molecule has 0 atom stereocenters. The molecule has 0 unspecified atom stereocenters. The fourth-order valence-electron chi connectivity index (χ4n) is 1.96. The highest BCUT2D eigenvalue weighted by Gasteiger charge is 2.20. The summed E-state index contributed by atoms with van der Waals surface area (Å²) in [6, 6.07) is 17.0. The van der Waals surface area contributed by atoms with Crippen LogP contribution in [0, 0.1) is 0 Å². The van der Waals surface area contributed by atoms with Gasteiger partial charge in [0.05, 0.1) is 4.90 Å². The maximum atomic E-state index is 12.6. The van der Waals surface area contributed by atoms with Gasteiger partial charge in [0.2, 0.25) is 10.0 Å². The quantitative estimate of drug-likeness (QED) is 0.770. The highest BCUT2D eigenvalue weighted by Crippen LogP contribution is 2.29. The van der Waals surface area contributed by atoms with Crippen LogP contribution in [-0.2, 0) is 10.0 Å². The van der Waals surface area contributed by atoms with Crippen LogP contribution in [-0.4, -0.2) is 51.9 Å². The lowest BCUT2D eigenvalue weighted by atomic mass is 10.4. The summed E-state index contributed by atoms with van der Waals surface area (Å²) in [5, 5.41) is 0. The van der Waals surface area contributed by atoms with Crippen molar-refractivity contribution in [1.29, 1.82) is 0 Å². The maximum Gasteiger partial charge on any atom is 0.242 e. The number of rotatable bonds is 7. The van der Waals surface area contributed by atoms with Gasteiger partial charge < -0.3 is 4.90 Å². The van der Waals surface area contributed by atoms with E-state index in [-0.39, 0.29) is 0 Å². The first-order chi connectivity index (χ1) is 10.9. The van der Waals surface area contributed by atoms with Gasteiger partial charge in [-0.05, 0) is 44.4 Å². The summed E-state index contributed by atoms with van der Waals surface area (Å²) in [6.07, 6.45) is 0. The molecule has 0 radical (unpaired) electrons. The van der Waals surface area contributed by atoms with Gasteiger partial charge in [0.25, 0.3) is 0 Å². The van der Waals surface area contributed by atoms with Crippen LogP contribution in [0.15, 0.2) is 69.3 Å². The molecule has 2 rings (SSSR count). The highest BCUT2D eigenvalue weighted by atomic mass is 32.2. The van der Waals surface area contributed by atoms with Gasteiger partial charge in [0, 0.05) is 29.9 Å². The van der Waals surface area contributed by atoms with Crippen molar-refractivity contribution in [3.8, 4) is 0 Å². The van der Waals surface area contributed by atoms with E-state index in [4.69, 9.17) is 0 Å². The van der Waals surface area contributed by atoms with Gasteiger partial charge in [-0.25, -0.2) is 8.42 Å². The van der Waals surface area contributed by atoms with Gasteiger partial charge in [0.15, 0.2) is 0 Å². The van der Waals surface area contributed by atoms with E-state index < -0.39 is 10.0 Å². The van der Waals surface area contributed by atoms with Gasteiger partial charge in [0.1, 0.15) is 0 Å². The summed E-state index contributed by atoms with van der Waals surface area (Å²) < 4.78 is 26.7. The second kappa shape index (κ2) is 7.97. The molecule has 0 N–H and O–H groups in total. The summed E-state index contributed by atoms with van der Waals surface area (Å²) in [7, 11) is 2.02. The molecule has 4 nitrogen and oxygen atoms in total. The van der Waals surface area contributed by atoms with E-state index in [0.717, 1.165) is 9.79 Å². The van der Waals surface area contributed by atoms with Crippen molar-refractivity contribution in [1.82, 2.24) is 9.21 Å². The third kappa shape index (κ3) is 5.07. The van der Waals surface area contributed by atoms with Gasteiger partial charge in [-0.15, -0.1) is 0 Å². The Morgan fingerprint density at radius 1 is 0.870 bits per heavy atom. The lowest BCUT2D eigenvalue weighted by Crippen LogP contribution is -2.33. The van der Waals surface area contributed by atoms with E-state index in [1.165, 1.54) is 4.31 Å². The molecule has 0 saturated carbocycles. The van der Waals surface area contributed by atoms with Crippen LogP contribution in [0.25, 0.3) is 0 Å². The Kier molecular flexibility index (Phi) is 6.24. The molecule has 0 bridgehead atoms. The molecule has 0 fully saturated rings. The number of sulfonamides is 1. The fraction of sp³-hybridized carbons (Fsp3) is 0.294. The van der Waals surface area contributed by atoms with Crippen LogP contribution in [0.1, 0.15) is 0 Å². The first-order valence-corrected chi connectivity index (χ1v) is 9.59. The van der Waals surface area contributed by atoms with Crippen LogP contribution in [0.2, 0.25) is 0 Å². The van der Waals surface area contributed by atoms with Crippen molar-refractivity contribution in [2.24, 2.45) is 0 Å². The highest BCUT2D eigenvalue weighted by molar-refractivity contribution is 7.99. The number of nitrogens with zero attached hydrogens (tertiary/aromatic N) is 2. The molecule has 6 heteroatoms. The summed E-state index contributed by atoms with van der Waals surface area (Å²) in [4.78, 5) is 4.30. The van der Waals surface area contributed by atoms with Crippen LogP contribution in [0.3, 0.4) is 0 Å². The normalized spacial score (nSPS) is 12.0. The smallest absolute Gasteiger partial charge is 0.242 e. The number of hydrogen-bond donors (Lipinski definition) is 0. The van der Waals surface area contributed by atoms with Crippen molar-refractivity contribution in [2.75, 3.05) is 34.2 Å². The Balaban J connectivity index is 2.18. The first-order valence-electron chi connectivity index (χ1n) is 7.33. The molecular weight excluding hydrogens is 328 g/mol. The van der Waals surface area contributed by atoms with E-state index in [2.05, 4.69) is 0 Å². The summed E-state index contributed by atoms with van der Waals surface area (Å²) in [5.74, 6) is 0. The predicted molar refractivity (Wildman–Crippen MR) is 95.4 cm³/mol. The van der Waals surface area contributed by atoms with Gasteiger partial charge in [-0.2, -0.15) is 4.31 Å². The van der Waals surface area contributed by atoms with Gasteiger partial charge in [-0.1, -0.05) is 36.0 Å². The minimum atomic E-state index is -3.46. The molecule has 0 spiro atoms. The lowest BCUT2D eigenvalue weighted by Gasteiger charge is -2.19. The Hall–Kier alpha value is -1.34. The molecular formula is C17H22N2O2S2. The fourth-order valence-corrected chi connectivity index (χ4v) is 4.14. The second-order valence-electron chi connectivity index (χ2n) is 5.52. The zero-order chi connectivity index (χ0) is 16.9. The number of hydrogen-bond acceptors (Lipinski definition) is 4. The van der Waals surface area contributed by atoms with E-state index in [1.54, 1.807) is 37.0 Å². The Bertz CT molecular complexity index is 731. The van der Waals surface area contributed by atoms with Crippen molar-refractivity contribution in [3.63, 3.8) is 0 Å². The topological polar surface area (TPSA) is 40.6 Å². The van der Waals surface area contributed by atoms with Gasteiger partial charge in [-0.3, -0.25) is 0 Å². The van der Waals surface area contributed by atoms with Crippen molar-refractivity contribution in [3.05, 3.63) is 54.6 Å². The summed E-state index contributed by atoms with van der Waals surface area (Å²) >= 11 is 1.56. The molecule has 0 aliphatic carbocycles. The second-order valence-corrected chi connectivity index (χ2v) is 8.71. The third-order valence-corrected chi connectivity index (χ3v) is 6.21. The predicted octanol–water partition coefficient (Wildman–Crippen LogP) is 3.02. The number of likely N-dealkylation sites (N-methyl/N-ethyl adjacent to an activating group) is 2. The average molecular weight is 351 g/mol. The van der Waals surface area contributed by atoms with Crippen LogP contribution >= 0.6 is 11.8 Å². The molecule has 0 saturated heterocycles. The Labute approximate surface area is 143 Å². The summed E-state index contributed by atoms with van der Waals surface area (Å²) in [5.41, 5.74) is 0. The first kappa shape index (κ1) is 18.0. The lowest BCUT2D eigenvalue weighted by molar-refractivity contribution is 0.358. The largest absolute Gasteiger partial charge is 0.308 e. The average Bonchev–Trinajstić information content (AvgIpc) is 2.53. The molecule has 2 aromatic carbocycles. The van der Waals surface area contributed by atoms with E-state index in [1.807, 2.05) is 55.4 Å². The molecule has 0 aliphatic rings. The van der Waals surface area contributed by atoms with Crippen molar-refractivity contribution in [2.45, 2.75) is 14.7 Å². The molecule has 124 valence electrons. The van der Waals surface area contributed by atoms with E-state index >= 15 is 0 Å². The van der Waals surface area contributed by atoms with Gasteiger partial charge >= 0.3 is 0 Å². The molecule has 0 aromatic heterocycles. The standard InChI is InChI=1S/C17H22N2O2S2/c1-18(2)12-13-19(3)23(20,21)17-11-7-10-16(14-17)22-15-8-5-4-6-9-15/h4-11,14H,12-13H2,1-3H3. The van der Waals surface area contributed by atoms with E-state index in [0.29, 0.717) is 18.0 Å². The molecule has 23 heavy (non-hydrogen) atoms. The zero-order valence-electron chi connectivity index (χ0n) is 13.6. The zero-order valence-corrected chi connectivity index (χ0v) is 15.3. The minimum absolute atomic E-state index is 0.333. The summed E-state index contributed by atoms with van der Waals surface area (Å²) in [6.45, 7) is 1.15. The monoisotopic (exact) mass is 350 g/mol. The third-order valence-electron chi connectivity index (χ3n) is 3.35. The molecule has 0 aliphatic heterocycles. The molecule has 0 amide bonds. The Morgan fingerprint density at radius 3 is 2.17 bits per heavy atom. The Morgan fingerprint density at radius 2 is 1.52 bits per heavy atom. The molecule has 2 aromatic rings. The molecule has 0 heterocycles. The van der Waals surface area contributed by atoms with Crippen LogP contribution in [0.5, 0.6) is 0 Å². The van der Waals surface area contributed by atoms with Crippen LogP contribution in [0.4, 0.5) is 0 Å². The maximum absolute atomic E-state index is 12.6. The van der Waals surface area contributed by atoms with Crippen molar-refractivity contribution >= 4 is 21.8 Å².